The third kappa shape index (κ3) is 4.90. The fourth-order valence-electron chi connectivity index (χ4n) is 1.70. The minimum atomic E-state index is 0.321. The lowest BCUT2D eigenvalue weighted by Crippen LogP contribution is -2.17. The molecule has 0 spiro atoms. The summed E-state index contributed by atoms with van der Waals surface area (Å²) in [6.45, 7) is 7.44. The molecule has 0 aliphatic rings. The van der Waals surface area contributed by atoms with Crippen molar-refractivity contribution < 1.29 is 0 Å². The first kappa shape index (κ1) is 14.9. The van der Waals surface area contributed by atoms with E-state index in [0.717, 1.165) is 11.6 Å². The molecule has 0 amide bonds. The topological polar surface area (TPSA) is 12.0 Å². The Bertz CT molecular complexity index is 341. The highest BCUT2D eigenvalue weighted by Gasteiger charge is 2.08. The van der Waals surface area contributed by atoms with Crippen LogP contribution in [0.1, 0.15) is 45.2 Å². The Morgan fingerprint density at radius 2 is 2.12 bits per heavy atom. The minimum Gasteiger partial charge on any atom is -0.310 e. The van der Waals surface area contributed by atoms with Crippen LogP contribution in [0.2, 0.25) is 5.02 Å². The van der Waals surface area contributed by atoms with Crippen molar-refractivity contribution >= 4 is 23.4 Å². The molecule has 0 heterocycles. The molecule has 0 saturated heterocycles. The zero-order chi connectivity index (χ0) is 12.7. The normalized spacial score (nSPS) is 12.7. The fourth-order valence-corrected chi connectivity index (χ4v) is 3.14. The number of rotatable bonds is 7. The number of nitrogens with one attached hydrogen (secondary N) is 1. The summed E-state index contributed by atoms with van der Waals surface area (Å²) in [5, 5.41) is 4.26. The lowest BCUT2D eigenvalue weighted by Gasteiger charge is -2.15. The highest BCUT2D eigenvalue weighted by molar-refractivity contribution is 7.99. The first-order valence-electron chi connectivity index (χ1n) is 6.34. The molecule has 1 aromatic carbocycles. The molecule has 0 aliphatic carbocycles. The monoisotopic (exact) mass is 271 g/mol. The van der Waals surface area contributed by atoms with Crippen LogP contribution in [0.5, 0.6) is 0 Å². The molecule has 96 valence electrons. The van der Waals surface area contributed by atoms with E-state index < -0.39 is 0 Å². The lowest BCUT2D eigenvalue weighted by atomic mass is 10.1. The van der Waals surface area contributed by atoms with E-state index in [1.54, 1.807) is 0 Å². The van der Waals surface area contributed by atoms with Crippen LogP contribution < -0.4 is 5.32 Å². The maximum absolute atomic E-state index is 6.32. The van der Waals surface area contributed by atoms with E-state index in [1.165, 1.54) is 29.1 Å². The number of hydrogen-bond donors (Lipinski definition) is 1. The van der Waals surface area contributed by atoms with E-state index in [-0.39, 0.29) is 0 Å². The molecule has 0 bridgehead atoms. The quantitative estimate of drug-likeness (QED) is 0.559. The average molecular weight is 272 g/mol. The maximum Gasteiger partial charge on any atom is 0.0464 e. The van der Waals surface area contributed by atoms with E-state index in [0.29, 0.717) is 6.04 Å². The molecule has 1 rings (SSSR count). The summed E-state index contributed by atoms with van der Waals surface area (Å²) in [5.41, 5.74) is 1.19. The van der Waals surface area contributed by atoms with Crippen LogP contribution >= 0.6 is 23.4 Å². The van der Waals surface area contributed by atoms with Crippen molar-refractivity contribution in [3.63, 3.8) is 0 Å². The Kier molecular flexibility index (Phi) is 7.02. The van der Waals surface area contributed by atoms with E-state index in [2.05, 4.69) is 44.3 Å². The zero-order valence-electron chi connectivity index (χ0n) is 10.9. The van der Waals surface area contributed by atoms with Gasteiger partial charge in [0.15, 0.2) is 0 Å². The second-order valence-corrected chi connectivity index (χ2v) is 5.74. The SMILES string of the molecule is CCCCSc1ccc(C(C)NCC)c(Cl)c1. The molecule has 1 nitrogen and oxygen atoms in total. The number of unbranched alkanes of at least 4 members (excludes halogenated alkanes) is 1. The first-order chi connectivity index (χ1) is 8.19. The van der Waals surface area contributed by atoms with Crippen molar-refractivity contribution in [2.75, 3.05) is 12.3 Å². The van der Waals surface area contributed by atoms with Crippen LogP contribution in [-0.4, -0.2) is 12.3 Å². The molecule has 0 aromatic heterocycles. The molecule has 1 aromatic rings. The van der Waals surface area contributed by atoms with Crippen molar-refractivity contribution in [1.82, 2.24) is 5.32 Å². The Hall–Kier alpha value is -0.180. The van der Waals surface area contributed by atoms with Gasteiger partial charge in [-0.2, -0.15) is 0 Å². The van der Waals surface area contributed by atoms with Gasteiger partial charge in [0.1, 0.15) is 0 Å². The van der Waals surface area contributed by atoms with Gasteiger partial charge in [0.05, 0.1) is 0 Å². The van der Waals surface area contributed by atoms with Crippen LogP contribution in [0, 0.1) is 0 Å². The van der Waals surface area contributed by atoms with Gasteiger partial charge in [-0.15, -0.1) is 11.8 Å². The van der Waals surface area contributed by atoms with E-state index >= 15 is 0 Å². The van der Waals surface area contributed by atoms with Crippen LogP contribution in [0.15, 0.2) is 23.1 Å². The van der Waals surface area contributed by atoms with E-state index in [9.17, 15) is 0 Å². The van der Waals surface area contributed by atoms with Crippen LogP contribution in [0.4, 0.5) is 0 Å². The number of hydrogen-bond acceptors (Lipinski definition) is 2. The lowest BCUT2D eigenvalue weighted by molar-refractivity contribution is 0.598. The van der Waals surface area contributed by atoms with Crippen molar-refractivity contribution in [1.29, 1.82) is 0 Å². The summed E-state index contributed by atoms with van der Waals surface area (Å²) in [6, 6.07) is 6.73. The molecular formula is C14H22ClNS. The molecule has 0 aliphatic heterocycles. The summed E-state index contributed by atoms with van der Waals surface area (Å²) >= 11 is 8.21. The van der Waals surface area contributed by atoms with Gasteiger partial charge in [0, 0.05) is 16.0 Å². The number of thioether (sulfide) groups is 1. The molecule has 0 fully saturated rings. The van der Waals surface area contributed by atoms with Gasteiger partial charge < -0.3 is 5.32 Å². The molecule has 17 heavy (non-hydrogen) atoms. The van der Waals surface area contributed by atoms with Crippen molar-refractivity contribution in [3.8, 4) is 0 Å². The van der Waals surface area contributed by atoms with Gasteiger partial charge in [-0.1, -0.05) is 37.9 Å². The largest absolute Gasteiger partial charge is 0.310 e. The smallest absolute Gasteiger partial charge is 0.0464 e. The highest BCUT2D eigenvalue weighted by atomic mass is 35.5. The van der Waals surface area contributed by atoms with Crippen molar-refractivity contribution in [2.24, 2.45) is 0 Å². The molecule has 1 N–H and O–H groups in total. The van der Waals surface area contributed by atoms with Gasteiger partial charge in [-0.3, -0.25) is 0 Å². The molecule has 1 unspecified atom stereocenters. The minimum absolute atomic E-state index is 0.321. The predicted molar refractivity (Wildman–Crippen MR) is 79.2 cm³/mol. The molecular weight excluding hydrogens is 250 g/mol. The Morgan fingerprint density at radius 1 is 1.35 bits per heavy atom. The van der Waals surface area contributed by atoms with Crippen LogP contribution in [0.3, 0.4) is 0 Å². The van der Waals surface area contributed by atoms with E-state index in [4.69, 9.17) is 11.6 Å². The van der Waals surface area contributed by atoms with Crippen LogP contribution in [-0.2, 0) is 0 Å². The molecule has 3 heteroatoms. The fraction of sp³-hybridized carbons (Fsp3) is 0.571. The number of benzene rings is 1. The predicted octanol–water partition coefficient (Wildman–Crippen LogP) is 4.90. The molecule has 0 saturated carbocycles. The zero-order valence-corrected chi connectivity index (χ0v) is 12.5. The third-order valence-electron chi connectivity index (χ3n) is 2.72. The van der Waals surface area contributed by atoms with Gasteiger partial charge in [0.25, 0.3) is 0 Å². The summed E-state index contributed by atoms with van der Waals surface area (Å²) in [5.74, 6) is 1.18. The van der Waals surface area contributed by atoms with Gasteiger partial charge >= 0.3 is 0 Å². The Morgan fingerprint density at radius 3 is 2.71 bits per heavy atom. The van der Waals surface area contributed by atoms with Crippen molar-refractivity contribution in [3.05, 3.63) is 28.8 Å². The van der Waals surface area contributed by atoms with Gasteiger partial charge in [0.2, 0.25) is 0 Å². The maximum atomic E-state index is 6.32. The summed E-state index contributed by atoms with van der Waals surface area (Å²) in [7, 11) is 0. The molecule has 0 radical (unpaired) electrons. The van der Waals surface area contributed by atoms with E-state index in [1.807, 2.05) is 11.8 Å². The second-order valence-electron chi connectivity index (χ2n) is 4.16. The highest BCUT2D eigenvalue weighted by Crippen LogP contribution is 2.28. The first-order valence-corrected chi connectivity index (χ1v) is 7.71. The van der Waals surface area contributed by atoms with Crippen molar-refractivity contribution in [2.45, 2.75) is 44.6 Å². The van der Waals surface area contributed by atoms with Gasteiger partial charge in [-0.05, 0) is 43.3 Å². The number of halogens is 1. The Balaban J connectivity index is 2.65. The standard InChI is InChI=1S/C14H22ClNS/c1-4-6-9-17-12-7-8-13(14(15)10-12)11(3)16-5-2/h7-8,10-11,16H,4-6,9H2,1-3H3. The average Bonchev–Trinajstić information content (AvgIpc) is 2.29. The summed E-state index contributed by atoms with van der Waals surface area (Å²) in [4.78, 5) is 1.27. The van der Waals surface area contributed by atoms with Crippen LogP contribution in [0.25, 0.3) is 0 Å². The van der Waals surface area contributed by atoms with Gasteiger partial charge in [-0.25, -0.2) is 0 Å². The third-order valence-corrected chi connectivity index (χ3v) is 4.12. The molecule has 1 atom stereocenters. The summed E-state index contributed by atoms with van der Waals surface area (Å²) in [6.07, 6.45) is 2.51. The second kappa shape index (κ2) is 8.02. The summed E-state index contributed by atoms with van der Waals surface area (Å²) < 4.78 is 0. The Labute approximate surface area is 114 Å².